The van der Waals surface area contributed by atoms with E-state index in [2.05, 4.69) is 23.9 Å². The molecule has 1 aromatic rings. The number of amides is 1. The van der Waals surface area contributed by atoms with Gasteiger partial charge in [0.05, 0.1) is 5.41 Å². The van der Waals surface area contributed by atoms with Gasteiger partial charge in [-0.05, 0) is 57.5 Å². The molecule has 21 heavy (non-hydrogen) atoms. The van der Waals surface area contributed by atoms with Gasteiger partial charge < -0.3 is 15.5 Å². The van der Waals surface area contributed by atoms with Gasteiger partial charge in [0.15, 0.2) is 0 Å². The van der Waals surface area contributed by atoms with E-state index < -0.39 is 0 Å². The van der Waals surface area contributed by atoms with Gasteiger partial charge in [0, 0.05) is 24.8 Å². The summed E-state index contributed by atoms with van der Waals surface area (Å²) in [7, 11) is 4.21. The van der Waals surface area contributed by atoms with Crippen LogP contribution in [0.1, 0.15) is 31.2 Å². The molecule has 0 aromatic heterocycles. The van der Waals surface area contributed by atoms with Gasteiger partial charge in [-0.2, -0.15) is 0 Å². The zero-order chi connectivity index (χ0) is 15.0. The summed E-state index contributed by atoms with van der Waals surface area (Å²) >= 11 is 0. The van der Waals surface area contributed by atoms with E-state index in [1.54, 1.807) is 0 Å². The van der Waals surface area contributed by atoms with Crippen LogP contribution in [-0.4, -0.2) is 48.9 Å². The highest BCUT2D eigenvalue weighted by Crippen LogP contribution is 2.50. The molecular weight excluding hydrogens is 262 g/mol. The molecule has 1 atom stereocenters. The Kier molecular flexibility index (Phi) is 3.66. The number of carbonyl (C=O) groups excluding carboxylic acids is 1. The van der Waals surface area contributed by atoms with Crippen molar-refractivity contribution < 1.29 is 4.79 Å². The number of nitrogens with zero attached hydrogens (tertiary/aromatic N) is 2. The first-order chi connectivity index (χ1) is 10.0. The number of nitrogens with two attached hydrogens (primary N) is 1. The third-order valence-corrected chi connectivity index (χ3v) is 5.04. The molecule has 1 amide bonds. The van der Waals surface area contributed by atoms with Crippen molar-refractivity contribution in [3.63, 3.8) is 0 Å². The van der Waals surface area contributed by atoms with Crippen LogP contribution in [0.15, 0.2) is 24.3 Å². The molecule has 4 nitrogen and oxygen atoms in total. The van der Waals surface area contributed by atoms with E-state index in [4.69, 9.17) is 5.73 Å². The smallest absolute Gasteiger partial charge is 0.233 e. The fourth-order valence-corrected chi connectivity index (χ4v) is 3.42. The number of hydrogen-bond donors (Lipinski definition) is 1. The SMILES string of the molecule is CN(C)C1CCCN(C(=O)C2(c3ccc(N)cc3)CC2)C1. The number of nitrogen functional groups attached to an aromatic ring is 1. The van der Waals surface area contributed by atoms with Crippen LogP contribution in [0.3, 0.4) is 0 Å². The maximum absolute atomic E-state index is 13.0. The normalized spacial score (nSPS) is 24.1. The quantitative estimate of drug-likeness (QED) is 0.863. The lowest BCUT2D eigenvalue weighted by Gasteiger charge is -2.38. The van der Waals surface area contributed by atoms with Gasteiger partial charge in [-0.3, -0.25) is 4.79 Å². The first-order valence-electron chi connectivity index (χ1n) is 7.85. The second-order valence-corrected chi connectivity index (χ2v) is 6.71. The number of piperidine rings is 1. The second kappa shape index (κ2) is 5.34. The molecule has 4 heteroatoms. The summed E-state index contributed by atoms with van der Waals surface area (Å²) in [4.78, 5) is 17.3. The highest BCUT2D eigenvalue weighted by Gasteiger charge is 2.53. The van der Waals surface area contributed by atoms with Crippen molar-refractivity contribution in [2.75, 3.05) is 32.9 Å². The summed E-state index contributed by atoms with van der Waals surface area (Å²) in [6, 6.07) is 8.34. The Morgan fingerprint density at radius 1 is 1.29 bits per heavy atom. The summed E-state index contributed by atoms with van der Waals surface area (Å²) in [5, 5.41) is 0. The second-order valence-electron chi connectivity index (χ2n) is 6.71. The number of anilines is 1. The van der Waals surface area contributed by atoms with Crippen LogP contribution in [0.2, 0.25) is 0 Å². The summed E-state index contributed by atoms with van der Waals surface area (Å²) in [6.07, 6.45) is 4.23. The van der Waals surface area contributed by atoms with Crippen LogP contribution < -0.4 is 5.73 Å². The maximum atomic E-state index is 13.0. The summed E-state index contributed by atoms with van der Waals surface area (Å²) in [5.41, 5.74) is 7.39. The van der Waals surface area contributed by atoms with Crippen LogP contribution in [0.5, 0.6) is 0 Å². The highest BCUT2D eigenvalue weighted by atomic mass is 16.2. The van der Waals surface area contributed by atoms with Gasteiger partial charge in [0.2, 0.25) is 5.91 Å². The molecule has 2 aliphatic rings. The molecule has 2 fully saturated rings. The van der Waals surface area contributed by atoms with Crippen molar-refractivity contribution in [3.8, 4) is 0 Å². The lowest BCUT2D eigenvalue weighted by Crippen LogP contribution is -2.50. The lowest BCUT2D eigenvalue weighted by molar-refractivity contribution is -0.135. The van der Waals surface area contributed by atoms with Crippen molar-refractivity contribution >= 4 is 11.6 Å². The molecule has 1 saturated heterocycles. The highest BCUT2D eigenvalue weighted by molar-refractivity contribution is 5.91. The third-order valence-electron chi connectivity index (χ3n) is 5.04. The van der Waals surface area contributed by atoms with E-state index in [1.165, 1.54) is 6.42 Å². The molecule has 1 unspecified atom stereocenters. The van der Waals surface area contributed by atoms with Crippen molar-refractivity contribution in [1.29, 1.82) is 0 Å². The van der Waals surface area contributed by atoms with Gasteiger partial charge >= 0.3 is 0 Å². The zero-order valence-corrected chi connectivity index (χ0v) is 13.0. The minimum Gasteiger partial charge on any atom is -0.399 e. The lowest BCUT2D eigenvalue weighted by atomic mass is 9.92. The molecule has 3 rings (SSSR count). The van der Waals surface area contributed by atoms with E-state index in [9.17, 15) is 4.79 Å². The van der Waals surface area contributed by atoms with E-state index in [1.807, 2.05) is 24.3 Å². The van der Waals surface area contributed by atoms with Gasteiger partial charge in [-0.1, -0.05) is 12.1 Å². The number of likely N-dealkylation sites (N-methyl/N-ethyl adjacent to an activating group) is 1. The molecule has 1 aliphatic heterocycles. The number of rotatable bonds is 3. The minimum atomic E-state index is -0.262. The number of benzene rings is 1. The van der Waals surface area contributed by atoms with Crippen LogP contribution in [0, 0.1) is 0 Å². The van der Waals surface area contributed by atoms with Crippen LogP contribution in [-0.2, 0) is 10.2 Å². The Morgan fingerprint density at radius 3 is 2.52 bits per heavy atom. The molecule has 0 spiro atoms. The van der Waals surface area contributed by atoms with Crippen molar-refractivity contribution in [1.82, 2.24) is 9.80 Å². The van der Waals surface area contributed by atoms with E-state index in [0.29, 0.717) is 11.9 Å². The predicted octanol–water partition coefficient (Wildman–Crippen LogP) is 1.85. The fourth-order valence-electron chi connectivity index (χ4n) is 3.42. The number of hydrogen-bond acceptors (Lipinski definition) is 3. The van der Waals surface area contributed by atoms with Gasteiger partial charge in [0.1, 0.15) is 0 Å². The molecule has 1 aromatic carbocycles. The van der Waals surface area contributed by atoms with Crippen molar-refractivity contribution in [2.24, 2.45) is 0 Å². The molecule has 114 valence electrons. The Hall–Kier alpha value is -1.55. The monoisotopic (exact) mass is 287 g/mol. The zero-order valence-electron chi connectivity index (χ0n) is 13.0. The summed E-state index contributed by atoms with van der Waals surface area (Å²) in [6.45, 7) is 1.77. The van der Waals surface area contributed by atoms with Crippen molar-refractivity contribution in [3.05, 3.63) is 29.8 Å². The molecule has 0 bridgehead atoms. The molecule has 1 heterocycles. The predicted molar refractivity (Wildman–Crippen MR) is 85.1 cm³/mol. The van der Waals surface area contributed by atoms with Gasteiger partial charge in [-0.25, -0.2) is 0 Å². The Morgan fingerprint density at radius 2 is 1.95 bits per heavy atom. The first kappa shape index (κ1) is 14.4. The van der Waals surface area contributed by atoms with Crippen LogP contribution in [0.4, 0.5) is 5.69 Å². The molecule has 1 aliphatic carbocycles. The summed E-state index contributed by atoms with van der Waals surface area (Å²) < 4.78 is 0. The van der Waals surface area contributed by atoms with E-state index in [-0.39, 0.29) is 5.41 Å². The Balaban J connectivity index is 1.76. The first-order valence-corrected chi connectivity index (χ1v) is 7.85. The van der Waals surface area contributed by atoms with Gasteiger partial charge in [0.25, 0.3) is 0 Å². The standard InChI is InChI=1S/C17H25N3O/c1-19(2)15-4-3-11-20(12-15)16(21)17(9-10-17)13-5-7-14(18)8-6-13/h5-8,15H,3-4,9-12,18H2,1-2H3. The van der Waals surface area contributed by atoms with Crippen LogP contribution in [0.25, 0.3) is 0 Å². The van der Waals surface area contributed by atoms with Crippen LogP contribution >= 0.6 is 0 Å². The molecule has 2 N–H and O–H groups in total. The topological polar surface area (TPSA) is 49.6 Å². The Bertz CT molecular complexity index is 519. The molecule has 1 saturated carbocycles. The van der Waals surface area contributed by atoms with E-state index >= 15 is 0 Å². The van der Waals surface area contributed by atoms with Gasteiger partial charge in [-0.15, -0.1) is 0 Å². The summed E-state index contributed by atoms with van der Waals surface area (Å²) in [5.74, 6) is 0.318. The van der Waals surface area contributed by atoms with E-state index in [0.717, 1.165) is 43.6 Å². The maximum Gasteiger partial charge on any atom is 0.233 e. The third kappa shape index (κ3) is 2.64. The van der Waals surface area contributed by atoms with Crippen molar-refractivity contribution in [2.45, 2.75) is 37.1 Å². The Labute approximate surface area is 126 Å². The number of likely N-dealkylation sites (tertiary alicyclic amines) is 1. The average molecular weight is 287 g/mol. The fraction of sp³-hybridized carbons (Fsp3) is 0.588. The molecular formula is C17H25N3O. The molecule has 0 radical (unpaired) electrons. The number of carbonyl (C=O) groups is 1. The largest absolute Gasteiger partial charge is 0.399 e. The minimum absolute atomic E-state index is 0.262. The average Bonchev–Trinajstić information content (AvgIpc) is 3.29.